The third-order valence-corrected chi connectivity index (χ3v) is 3.08. The summed E-state index contributed by atoms with van der Waals surface area (Å²) in [4.78, 5) is 1.48. The summed E-state index contributed by atoms with van der Waals surface area (Å²) < 4.78 is 0. The quantitative estimate of drug-likeness (QED) is 0.661. The van der Waals surface area contributed by atoms with Crippen molar-refractivity contribution in [2.75, 3.05) is 0 Å². The number of hydrogen-bond donors (Lipinski definition) is 0. The summed E-state index contributed by atoms with van der Waals surface area (Å²) in [6.07, 6.45) is 7.83. The monoisotopic (exact) mass is 176 g/mol. The van der Waals surface area contributed by atoms with Crippen LogP contribution in [0, 0.1) is 13.3 Å². The topological polar surface area (TPSA) is 0 Å². The lowest BCUT2D eigenvalue weighted by atomic mass is 10.1. The Morgan fingerprint density at radius 3 is 3.08 bits per heavy atom. The summed E-state index contributed by atoms with van der Waals surface area (Å²) in [6.45, 7) is 3.91. The van der Waals surface area contributed by atoms with E-state index in [1.165, 1.54) is 22.4 Å². The van der Waals surface area contributed by atoms with Crippen LogP contribution >= 0.6 is 11.3 Å². The van der Waals surface area contributed by atoms with Gasteiger partial charge in [0.05, 0.1) is 0 Å². The fraction of sp³-hybridized carbons (Fsp3) is 0.273. The molecule has 0 saturated heterocycles. The molecule has 12 heavy (non-hydrogen) atoms. The Labute approximate surface area is 77.9 Å². The molecule has 2 rings (SSSR count). The zero-order chi connectivity index (χ0) is 8.39. The first-order valence-electron chi connectivity index (χ1n) is 4.27. The van der Waals surface area contributed by atoms with Crippen molar-refractivity contribution in [3.05, 3.63) is 46.9 Å². The molecule has 0 bridgehead atoms. The molecule has 62 valence electrons. The second-order valence-corrected chi connectivity index (χ2v) is 4.01. The SMILES string of the molecule is [CH2]Cc1ccsc1C[CH]C1=CC1. The minimum absolute atomic E-state index is 0.922. The van der Waals surface area contributed by atoms with Gasteiger partial charge in [-0.15, -0.1) is 11.3 Å². The lowest BCUT2D eigenvalue weighted by molar-refractivity contribution is 1.15. The molecular weight excluding hydrogens is 164 g/mol. The van der Waals surface area contributed by atoms with E-state index in [4.69, 9.17) is 0 Å². The molecule has 0 atom stereocenters. The van der Waals surface area contributed by atoms with Crippen molar-refractivity contribution in [1.29, 1.82) is 0 Å². The molecular formula is C11H12S. The molecule has 0 nitrogen and oxygen atoms in total. The molecule has 2 radical (unpaired) electrons. The standard InChI is InChI=1S/C11H12S/c1-2-10-7-8-12-11(10)6-5-9-3-4-9/h3,5,7-8H,1-2,4,6H2. The molecule has 0 amide bonds. The van der Waals surface area contributed by atoms with Gasteiger partial charge in [-0.2, -0.15) is 0 Å². The first-order valence-corrected chi connectivity index (χ1v) is 5.15. The van der Waals surface area contributed by atoms with Gasteiger partial charge in [-0.1, -0.05) is 11.6 Å². The molecule has 0 aromatic carbocycles. The third-order valence-electron chi connectivity index (χ3n) is 2.10. The highest BCUT2D eigenvalue weighted by Crippen LogP contribution is 2.26. The van der Waals surface area contributed by atoms with Crippen LogP contribution in [0.3, 0.4) is 0 Å². The van der Waals surface area contributed by atoms with Crippen LogP contribution in [0.15, 0.2) is 23.1 Å². The Balaban J connectivity index is 1.95. The van der Waals surface area contributed by atoms with Crippen molar-refractivity contribution in [1.82, 2.24) is 0 Å². The highest BCUT2D eigenvalue weighted by atomic mass is 32.1. The summed E-state index contributed by atoms with van der Waals surface area (Å²) in [6, 6.07) is 2.18. The minimum atomic E-state index is 0.922. The molecule has 1 heterocycles. The molecule has 1 aliphatic carbocycles. The van der Waals surface area contributed by atoms with Gasteiger partial charge in [0.1, 0.15) is 0 Å². The summed E-state index contributed by atoms with van der Waals surface area (Å²) >= 11 is 1.85. The number of rotatable bonds is 4. The Kier molecular flexibility index (Phi) is 2.31. The fourth-order valence-corrected chi connectivity index (χ4v) is 2.12. The first-order chi connectivity index (χ1) is 5.90. The maximum absolute atomic E-state index is 3.91. The van der Waals surface area contributed by atoms with E-state index in [0.717, 1.165) is 12.8 Å². The second-order valence-electron chi connectivity index (χ2n) is 3.01. The smallest absolute Gasteiger partial charge is 0.00833 e. The van der Waals surface area contributed by atoms with Gasteiger partial charge in [-0.3, -0.25) is 0 Å². The van der Waals surface area contributed by atoms with Crippen molar-refractivity contribution in [3.8, 4) is 0 Å². The predicted octanol–water partition coefficient (Wildman–Crippen LogP) is 3.20. The minimum Gasteiger partial charge on any atom is -0.149 e. The van der Waals surface area contributed by atoms with Crippen LogP contribution < -0.4 is 0 Å². The average Bonchev–Trinajstić information content (AvgIpc) is 2.81. The van der Waals surface area contributed by atoms with E-state index in [1.807, 2.05) is 11.3 Å². The van der Waals surface area contributed by atoms with Crippen LogP contribution in [0.25, 0.3) is 0 Å². The van der Waals surface area contributed by atoms with Crippen molar-refractivity contribution in [2.45, 2.75) is 19.3 Å². The van der Waals surface area contributed by atoms with Crippen molar-refractivity contribution < 1.29 is 0 Å². The zero-order valence-corrected chi connectivity index (χ0v) is 7.86. The fourth-order valence-electron chi connectivity index (χ4n) is 1.22. The van der Waals surface area contributed by atoms with Crippen molar-refractivity contribution >= 4 is 11.3 Å². The van der Waals surface area contributed by atoms with E-state index in [9.17, 15) is 0 Å². The maximum atomic E-state index is 3.91. The predicted molar refractivity (Wildman–Crippen MR) is 54.1 cm³/mol. The van der Waals surface area contributed by atoms with Crippen LogP contribution in [-0.4, -0.2) is 0 Å². The lowest BCUT2D eigenvalue weighted by Gasteiger charge is -1.97. The molecule has 1 aromatic heterocycles. The Hall–Kier alpha value is -0.560. The third kappa shape index (κ3) is 1.78. The maximum Gasteiger partial charge on any atom is 0.00833 e. The molecule has 0 spiro atoms. The summed E-state index contributed by atoms with van der Waals surface area (Å²) in [5, 5.41) is 2.16. The largest absolute Gasteiger partial charge is 0.149 e. The normalized spacial score (nSPS) is 14.6. The van der Waals surface area contributed by atoms with Gasteiger partial charge in [0, 0.05) is 4.88 Å². The summed E-state index contributed by atoms with van der Waals surface area (Å²) in [7, 11) is 0. The first kappa shape index (κ1) is 8.06. The van der Waals surface area contributed by atoms with Crippen molar-refractivity contribution in [2.24, 2.45) is 0 Å². The van der Waals surface area contributed by atoms with Crippen LogP contribution in [-0.2, 0) is 12.8 Å². The molecule has 0 saturated carbocycles. The Bertz CT molecular complexity index is 294. The molecule has 0 aliphatic heterocycles. The van der Waals surface area contributed by atoms with Gasteiger partial charge >= 0.3 is 0 Å². The Morgan fingerprint density at radius 1 is 1.58 bits per heavy atom. The van der Waals surface area contributed by atoms with Gasteiger partial charge in [-0.05, 0) is 49.6 Å². The van der Waals surface area contributed by atoms with Gasteiger partial charge in [0.25, 0.3) is 0 Å². The molecule has 1 aliphatic rings. The van der Waals surface area contributed by atoms with E-state index < -0.39 is 0 Å². The zero-order valence-electron chi connectivity index (χ0n) is 7.05. The number of thiophene rings is 1. The van der Waals surface area contributed by atoms with Crippen LogP contribution in [0.4, 0.5) is 0 Å². The number of hydrogen-bond acceptors (Lipinski definition) is 1. The van der Waals surface area contributed by atoms with E-state index in [1.54, 1.807) is 0 Å². The van der Waals surface area contributed by atoms with Gasteiger partial charge < -0.3 is 0 Å². The van der Waals surface area contributed by atoms with E-state index in [2.05, 4.69) is 30.9 Å². The van der Waals surface area contributed by atoms with Crippen molar-refractivity contribution in [3.63, 3.8) is 0 Å². The highest BCUT2D eigenvalue weighted by molar-refractivity contribution is 7.10. The van der Waals surface area contributed by atoms with E-state index >= 15 is 0 Å². The Morgan fingerprint density at radius 2 is 2.42 bits per heavy atom. The van der Waals surface area contributed by atoms with E-state index in [0.29, 0.717) is 0 Å². The second kappa shape index (κ2) is 3.44. The average molecular weight is 176 g/mol. The molecule has 0 unspecified atom stereocenters. The lowest BCUT2D eigenvalue weighted by Crippen LogP contribution is -1.86. The van der Waals surface area contributed by atoms with Crippen LogP contribution in [0.1, 0.15) is 16.9 Å². The van der Waals surface area contributed by atoms with Gasteiger partial charge in [0.2, 0.25) is 0 Å². The molecule has 1 heteroatoms. The van der Waals surface area contributed by atoms with E-state index in [-0.39, 0.29) is 0 Å². The summed E-state index contributed by atoms with van der Waals surface area (Å²) in [5.41, 5.74) is 2.93. The molecule has 1 aromatic rings. The molecule has 0 fully saturated rings. The molecule has 0 N–H and O–H groups in total. The van der Waals surface area contributed by atoms with Gasteiger partial charge in [0.15, 0.2) is 0 Å². The summed E-state index contributed by atoms with van der Waals surface area (Å²) in [5.74, 6) is 0. The number of allylic oxidation sites excluding steroid dienone is 2. The highest BCUT2D eigenvalue weighted by Gasteiger charge is 2.09. The van der Waals surface area contributed by atoms with Gasteiger partial charge in [-0.25, -0.2) is 0 Å². The van der Waals surface area contributed by atoms with Crippen LogP contribution in [0.2, 0.25) is 0 Å². The van der Waals surface area contributed by atoms with Crippen LogP contribution in [0.5, 0.6) is 0 Å².